The van der Waals surface area contributed by atoms with Gasteiger partial charge in [-0.05, 0) is 164 Å². The van der Waals surface area contributed by atoms with E-state index in [2.05, 4.69) is 47.9 Å². The van der Waals surface area contributed by atoms with Crippen LogP contribution in [0.15, 0.2) is 42.5 Å². The summed E-state index contributed by atoms with van der Waals surface area (Å²) < 4.78 is 27.0. The Bertz CT molecular complexity index is 2560. The van der Waals surface area contributed by atoms with Gasteiger partial charge in [0, 0.05) is 51.5 Å². The first-order chi connectivity index (χ1) is 38.2. The molecule has 1 aliphatic heterocycles. The fourth-order valence-corrected chi connectivity index (χ4v) is 8.03. The first kappa shape index (κ1) is 69.7. The van der Waals surface area contributed by atoms with E-state index < -0.39 is 131 Å². The zero-order chi connectivity index (χ0) is 62.7. The Hall–Kier alpha value is -7.57. The monoisotopic (exact) mass is 1170 g/mol. The quantitative estimate of drug-likeness (QED) is 0.0619. The molecule has 9 amide bonds. The highest BCUT2D eigenvalue weighted by molar-refractivity contribution is 5.95. The van der Waals surface area contributed by atoms with Crippen LogP contribution in [-0.2, 0) is 55.7 Å². The molecule has 2 aromatic rings. The smallest absolute Gasteiger partial charge is 0.408 e. The predicted molar refractivity (Wildman–Crippen MR) is 308 cm³/mol. The molecule has 3 rings (SSSR count). The second-order valence-corrected chi connectivity index (χ2v) is 25.3. The Morgan fingerprint density at radius 3 is 1.66 bits per heavy atom. The molecule has 1 aliphatic rings. The number of alkyl carbamates (subject to hydrolysis) is 5. The second kappa shape index (κ2) is 30.6. The molecule has 0 fully saturated rings. The van der Waals surface area contributed by atoms with E-state index in [-0.39, 0.29) is 63.1 Å². The Balaban J connectivity index is 2.11. The SMILES string of the molecule is CC(C)(C)OC(=O)NCCC[C@@H](CNC(=O)[C@H](CCCNC(=O)OC(C)(C)C)NC(=O)[C@@H]1Cc2cccc(c2)-c2ccc(O)c(c2)C[C@H](NC(=O)OC(C)(C)C)C(=O)N[C@@H](C[C@@H](O)CNC(=O)OC(C)(C)C)C(=O)N1)NC(=O)OC(C)(C)C. The minimum absolute atomic E-state index is 0.00420. The van der Waals surface area contributed by atoms with E-state index in [9.17, 15) is 53.4 Å². The Labute approximate surface area is 487 Å². The number of aromatic hydroxyl groups is 1. The van der Waals surface area contributed by atoms with Gasteiger partial charge in [0.2, 0.25) is 23.6 Å². The highest BCUT2D eigenvalue weighted by atomic mass is 16.6. The number of aliphatic hydroxyl groups excluding tert-OH is 1. The Morgan fingerprint density at radius 1 is 0.578 bits per heavy atom. The van der Waals surface area contributed by atoms with Gasteiger partial charge >= 0.3 is 30.5 Å². The molecule has 2 aromatic carbocycles. The highest BCUT2D eigenvalue weighted by Gasteiger charge is 2.35. The maximum Gasteiger partial charge on any atom is 0.408 e. The number of rotatable bonds is 19. The van der Waals surface area contributed by atoms with Gasteiger partial charge in [0.15, 0.2) is 0 Å². The van der Waals surface area contributed by atoms with E-state index in [0.717, 1.165) is 0 Å². The van der Waals surface area contributed by atoms with E-state index in [4.69, 9.17) is 23.7 Å². The van der Waals surface area contributed by atoms with E-state index in [1.54, 1.807) is 140 Å². The fraction of sp³-hybridized carbons (Fsp3) is 0.638. The van der Waals surface area contributed by atoms with Gasteiger partial charge in [0.05, 0.1) is 6.10 Å². The number of aliphatic hydroxyl groups is 1. The molecule has 1 heterocycles. The third kappa shape index (κ3) is 28.8. The lowest BCUT2D eigenvalue weighted by Gasteiger charge is -2.28. The van der Waals surface area contributed by atoms with Gasteiger partial charge < -0.3 is 81.7 Å². The molecule has 83 heavy (non-hydrogen) atoms. The third-order valence-corrected chi connectivity index (χ3v) is 11.5. The normalized spacial score (nSPS) is 17.1. The van der Waals surface area contributed by atoms with Crippen LogP contribution in [0.3, 0.4) is 0 Å². The van der Waals surface area contributed by atoms with Crippen molar-refractivity contribution in [1.29, 1.82) is 0 Å². The molecule has 0 aromatic heterocycles. The molecular formula is C58H91N9O16. The third-order valence-electron chi connectivity index (χ3n) is 11.5. The summed E-state index contributed by atoms with van der Waals surface area (Å²) in [7, 11) is 0. The molecule has 11 N–H and O–H groups in total. The van der Waals surface area contributed by atoms with Gasteiger partial charge in [-0.3, -0.25) is 19.2 Å². The topological polar surface area (TPSA) is 349 Å². The van der Waals surface area contributed by atoms with Crippen LogP contribution in [-0.4, -0.2) is 155 Å². The minimum atomic E-state index is -1.68. The number of ether oxygens (including phenoxy) is 5. The first-order valence-corrected chi connectivity index (χ1v) is 27.9. The minimum Gasteiger partial charge on any atom is -0.508 e. The van der Waals surface area contributed by atoms with Crippen molar-refractivity contribution in [3.8, 4) is 16.9 Å². The van der Waals surface area contributed by atoms with Crippen molar-refractivity contribution >= 4 is 54.1 Å². The summed E-state index contributed by atoms with van der Waals surface area (Å²) in [5.74, 6) is -3.77. The zero-order valence-corrected chi connectivity index (χ0v) is 50.9. The number of nitrogens with one attached hydrogen (secondary N) is 9. The van der Waals surface area contributed by atoms with Crippen LogP contribution in [0.4, 0.5) is 24.0 Å². The standard InChI is InChI=1S/C58H91N9O16/c1-54(2,3)79-49(74)59-25-17-21-38(63-52(77)82-57(10,11)12)32-61-45(70)40(22-18-26-60-50(75)80-55(4,5)6)64-46(71)41-28-34-19-16-20-35(27-34)36-23-24-44(69)37(29-36)30-42(67-53(78)83-58(13,14)15)47(72)66-43(48(73)65-41)31-39(68)33-62-51(76)81-56(7,8)9/h16,19-20,23-24,27,29,38-43,68-69H,17-18,21-22,25-26,28,30-33H2,1-15H3,(H,59,74)(H,60,75)(H,61,70)(H,62,76)(H,63,77)(H,64,71)(H,65,73)(H,66,72)(H,67,78)/t38-,39+,40-,41-,42-,43-/m0/s1. The number of fused-ring (bicyclic) bond motifs is 5. The average molecular weight is 1170 g/mol. The number of benzene rings is 2. The molecule has 0 unspecified atom stereocenters. The fourth-order valence-electron chi connectivity index (χ4n) is 8.03. The molecule has 6 atom stereocenters. The van der Waals surface area contributed by atoms with E-state index >= 15 is 0 Å². The lowest BCUT2D eigenvalue weighted by Crippen LogP contribution is -2.60. The van der Waals surface area contributed by atoms with E-state index in [1.807, 2.05) is 0 Å². The van der Waals surface area contributed by atoms with Crippen molar-refractivity contribution in [3.63, 3.8) is 0 Å². The summed E-state index contributed by atoms with van der Waals surface area (Å²) in [4.78, 5) is 123. The number of hydrogen-bond acceptors (Lipinski definition) is 16. The van der Waals surface area contributed by atoms with Crippen LogP contribution in [0.2, 0.25) is 0 Å². The van der Waals surface area contributed by atoms with E-state index in [0.29, 0.717) is 23.1 Å². The van der Waals surface area contributed by atoms with Crippen molar-refractivity contribution in [1.82, 2.24) is 47.9 Å². The van der Waals surface area contributed by atoms with Gasteiger partial charge in [0.25, 0.3) is 0 Å². The number of hydrogen-bond donors (Lipinski definition) is 11. The predicted octanol–water partition coefficient (Wildman–Crippen LogP) is 5.40. The molecule has 464 valence electrons. The number of phenols is 1. The van der Waals surface area contributed by atoms with Crippen LogP contribution < -0.4 is 47.9 Å². The van der Waals surface area contributed by atoms with Crippen molar-refractivity contribution < 1.29 is 77.0 Å². The summed E-state index contributed by atoms with van der Waals surface area (Å²) >= 11 is 0. The van der Waals surface area contributed by atoms with Crippen molar-refractivity contribution in [2.45, 2.75) is 213 Å². The first-order valence-electron chi connectivity index (χ1n) is 27.9. The summed E-state index contributed by atoms with van der Waals surface area (Å²) in [6.07, 6.45) is -6.06. The maximum absolute atomic E-state index is 14.9. The number of phenolic OH excluding ortho intramolecular Hbond substituents is 1. The summed E-state index contributed by atoms with van der Waals surface area (Å²) in [5, 5.41) is 46.4. The maximum atomic E-state index is 14.9. The lowest BCUT2D eigenvalue weighted by molar-refractivity contribution is -0.134. The number of amides is 9. The van der Waals surface area contributed by atoms with Crippen LogP contribution in [0.1, 0.15) is 147 Å². The number of carbonyl (C=O) groups is 9. The van der Waals surface area contributed by atoms with Crippen LogP contribution in [0.5, 0.6) is 5.75 Å². The van der Waals surface area contributed by atoms with Crippen molar-refractivity contribution in [2.75, 3.05) is 26.2 Å². The molecule has 0 radical (unpaired) electrons. The summed E-state index contributed by atoms with van der Waals surface area (Å²) in [5.41, 5.74) is -2.40. The van der Waals surface area contributed by atoms with Crippen molar-refractivity contribution in [2.24, 2.45) is 0 Å². The van der Waals surface area contributed by atoms with Crippen LogP contribution >= 0.6 is 0 Å². The number of carbonyl (C=O) groups excluding carboxylic acids is 9. The second-order valence-electron chi connectivity index (χ2n) is 25.3. The van der Waals surface area contributed by atoms with Gasteiger partial charge in [0.1, 0.15) is 57.9 Å². The Kier molecular flexibility index (Phi) is 25.7. The Morgan fingerprint density at radius 2 is 1.10 bits per heavy atom. The molecule has 0 saturated carbocycles. The molecule has 25 nitrogen and oxygen atoms in total. The zero-order valence-electron chi connectivity index (χ0n) is 50.9. The summed E-state index contributed by atoms with van der Waals surface area (Å²) in [6, 6.07) is 4.79. The lowest BCUT2D eigenvalue weighted by atomic mass is 9.95. The molecule has 25 heteroatoms. The van der Waals surface area contributed by atoms with Crippen molar-refractivity contribution in [3.05, 3.63) is 53.6 Å². The summed E-state index contributed by atoms with van der Waals surface area (Å²) in [6.45, 7) is 24.6. The molecular weight excluding hydrogens is 1080 g/mol. The van der Waals surface area contributed by atoms with Gasteiger partial charge in [-0.15, -0.1) is 0 Å². The molecule has 0 aliphatic carbocycles. The molecule has 0 spiro atoms. The average Bonchev–Trinajstić information content (AvgIpc) is 3.69. The molecule has 0 saturated heterocycles. The largest absolute Gasteiger partial charge is 0.508 e. The van der Waals surface area contributed by atoms with Gasteiger partial charge in [-0.1, -0.05) is 30.3 Å². The highest BCUT2D eigenvalue weighted by Crippen LogP contribution is 2.29. The van der Waals surface area contributed by atoms with Crippen LogP contribution in [0, 0.1) is 0 Å². The van der Waals surface area contributed by atoms with Gasteiger partial charge in [-0.25, -0.2) is 24.0 Å². The molecule has 4 bridgehead atoms. The van der Waals surface area contributed by atoms with E-state index in [1.165, 1.54) is 6.07 Å². The van der Waals surface area contributed by atoms with Gasteiger partial charge in [-0.2, -0.15) is 0 Å². The van der Waals surface area contributed by atoms with Crippen LogP contribution in [0.25, 0.3) is 11.1 Å².